The van der Waals surface area contributed by atoms with Gasteiger partial charge in [-0.2, -0.15) is 5.10 Å². The van der Waals surface area contributed by atoms with Gasteiger partial charge in [-0.1, -0.05) is 36.4 Å². The highest BCUT2D eigenvalue weighted by molar-refractivity contribution is 5.88. The van der Waals surface area contributed by atoms with Crippen molar-refractivity contribution in [1.82, 2.24) is 10.2 Å². The number of aromatic nitrogens is 2. The molecule has 4 heteroatoms. The zero-order chi connectivity index (χ0) is 14.7. The number of aryl methyl sites for hydroxylation is 1. The van der Waals surface area contributed by atoms with Gasteiger partial charge in [0.1, 0.15) is 5.75 Å². The van der Waals surface area contributed by atoms with Crippen molar-refractivity contribution >= 4 is 10.8 Å². The number of ether oxygens (including phenoxy) is 1. The lowest BCUT2D eigenvalue weighted by Gasteiger charge is -2.11. The summed E-state index contributed by atoms with van der Waals surface area (Å²) < 4.78 is 5.95. The van der Waals surface area contributed by atoms with Gasteiger partial charge in [-0.25, -0.2) is 0 Å². The molecular weight excluding hydrogens is 264 g/mol. The van der Waals surface area contributed by atoms with Crippen LogP contribution >= 0.6 is 0 Å². The summed E-state index contributed by atoms with van der Waals surface area (Å²) in [7, 11) is 0. The summed E-state index contributed by atoms with van der Waals surface area (Å²) in [5.41, 5.74) is 1.83. The zero-order valence-electron chi connectivity index (χ0n) is 11.8. The van der Waals surface area contributed by atoms with Gasteiger partial charge in [-0.15, -0.1) is 5.10 Å². The first-order chi connectivity index (χ1) is 10.3. The largest absolute Gasteiger partial charge is 0.437 e. The number of fused-ring (bicyclic) bond motifs is 1. The van der Waals surface area contributed by atoms with Crippen LogP contribution in [0.4, 0.5) is 0 Å². The maximum absolute atomic E-state index is 9.13. The van der Waals surface area contributed by atoms with Gasteiger partial charge in [-0.3, -0.25) is 0 Å². The lowest BCUT2D eigenvalue weighted by Crippen LogP contribution is -1.98. The molecule has 0 unspecified atom stereocenters. The van der Waals surface area contributed by atoms with Crippen LogP contribution in [0.1, 0.15) is 11.3 Å². The molecule has 0 amide bonds. The molecule has 106 valence electrons. The fourth-order valence-electron chi connectivity index (χ4n) is 2.32. The van der Waals surface area contributed by atoms with Gasteiger partial charge >= 0.3 is 0 Å². The lowest BCUT2D eigenvalue weighted by molar-refractivity contribution is 0.297. The number of nitrogens with zero attached hydrogens (tertiary/aromatic N) is 2. The Kier molecular flexibility index (Phi) is 3.79. The second kappa shape index (κ2) is 5.89. The van der Waals surface area contributed by atoms with Crippen molar-refractivity contribution in [1.29, 1.82) is 0 Å². The second-order valence-electron chi connectivity index (χ2n) is 4.82. The number of hydrogen-bond acceptors (Lipinski definition) is 4. The molecule has 0 saturated heterocycles. The molecule has 0 radical (unpaired) electrons. The van der Waals surface area contributed by atoms with Gasteiger partial charge < -0.3 is 9.84 Å². The van der Waals surface area contributed by atoms with Crippen LogP contribution in [-0.2, 0) is 6.42 Å². The van der Waals surface area contributed by atoms with Crippen molar-refractivity contribution in [3.8, 4) is 11.6 Å². The van der Waals surface area contributed by atoms with Crippen molar-refractivity contribution in [2.24, 2.45) is 0 Å². The van der Waals surface area contributed by atoms with Crippen LogP contribution in [0, 0.1) is 6.92 Å². The summed E-state index contributed by atoms with van der Waals surface area (Å²) in [6.45, 7) is 2.01. The molecule has 0 saturated carbocycles. The Bertz CT molecular complexity index is 772. The van der Waals surface area contributed by atoms with E-state index in [1.807, 2.05) is 55.5 Å². The van der Waals surface area contributed by atoms with E-state index in [1.165, 1.54) is 0 Å². The highest BCUT2D eigenvalue weighted by atomic mass is 16.5. The van der Waals surface area contributed by atoms with Crippen LogP contribution in [0.3, 0.4) is 0 Å². The average molecular weight is 280 g/mol. The molecule has 0 spiro atoms. The fourth-order valence-corrected chi connectivity index (χ4v) is 2.32. The first kappa shape index (κ1) is 13.5. The molecule has 21 heavy (non-hydrogen) atoms. The molecule has 1 heterocycles. The van der Waals surface area contributed by atoms with E-state index in [4.69, 9.17) is 9.84 Å². The highest BCUT2D eigenvalue weighted by Crippen LogP contribution is 2.30. The molecular formula is C17H16N2O2. The summed E-state index contributed by atoms with van der Waals surface area (Å²) in [4.78, 5) is 0. The molecule has 1 aromatic heterocycles. The minimum Gasteiger partial charge on any atom is -0.437 e. The molecule has 4 nitrogen and oxygen atoms in total. The summed E-state index contributed by atoms with van der Waals surface area (Å²) in [6, 6.07) is 15.6. The summed E-state index contributed by atoms with van der Waals surface area (Å²) >= 11 is 0. The van der Waals surface area contributed by atoms with Crippen LogP contribution in [0.2, 0.25) is 0 Å². The first-order valence-corrected chi connectivity index (χ1v) is 6.88. The van der Waals surface area contributed by atoms with Gasteiger partial charge in [0.25, 0.3) is 0 Å². The number of aliphatic hydroxyl groups is 1. The van der Waals surface area contributed by atoms with Crippen molar-refractivity contribution < 1.29 is 9.84 Å². The van der Waals surface area contributed by atoms with Gasteiger partial charge in [0.2, 0.25) is 5.88 Å². The van der Waals surface area contributed by atoms with E-state index in [-0.39, 0.29) is 6.61 Å². The minimum atomic E-state index is 0.0840. The van der Waals surface area contributed by atoms with Crippen molar-refractivity contribution in [2.45, 2.75) is 13.3 Å². The molecule has 0 fully saturated rings. The van der Waals surface area contributed by atoms with E-state index in [9.17, 15) is 0 Å². The van der Waals surface area contributed by atoms with Gasteiger partial charge in [0.05, 0.1) is 5.69 Å². The standard InChI is InChI=1S/C17H16N2O2/c1-12-14-7-3-4-8-15(14)17(19-18-12)21-16-9-5-2-6-13(16)10-11-20/h2-9,20H,10-11H2,1H3. The van der Waals surface area contributed by atoms with Crippen LogP contribution in [0.5, 0.6) is 11.6 Å². The van der Waals surface area contributed by atoms with Crippen molar-refractivity contribution in [3.05, 3.63) is 59.8 Å². The lowest BCUT2D eigenvalue weighted by atomic mass is 10.1. The Hall–Kier alpha value is -2.46. The molecule has 0 bridgehead atoms. The third-order valence-corrected chi connectivity index (χ3v) is 3.40. The molecule has 1 N–H and O–H groups in total. The van der Waals surface area contributed by atoms with Gasteiger partial charge in [0.15, 0.2) is 0 Å². The number of rotatable bonds is 4. The third-order valence-electron chi connectivity index (χ3n) is 3.40. The minimum absolute atomic E-state index is 0.0840. The van der Waals surface area contributed by atoms with Gasteiger partial charge in [-0.05, 0) is 31.0 Å². The molecule has 0 aliphatic rings. The molecule has 2 aromatic carbocycles. The topological polar surface area (TPSA) is 55.2 Å². The molecule has 3 rings (SSSR count). The van der Waals surface area contributed by atoms with E-state index in [2.05, 4.69) is 10.2 Å². The molecule has 0 aliphatic carbocycles. The van der Waals surface area contributed by atoms with Crippen LogP contribution in [0.25, 0.3) is 10.8 Å². The van der Waals surface area contributed by atoms with Crippen molar-refractivity contribution in [3.63, 3.8) is 0 Å². The Balaban J connectivity index is 2.05. The first-order valence-electron chi connectivity index (χ1n) is 6.88. The summed E-state index contributed by atoms with van der Waals surface area (Å²) in [6.07, 6.45) is 0.549. The number of aliphatic hydroxyl groups excluding tert-OH is 1. The van der Waals surface area contributed by atoms with E-state index in [1.54, 1.807) is 0 Å². The Labute approximate surface area is 123 Å². The third kappa shape index (κ3) is 2.71. The Morgan fingerprint density at radius 2 is 1.67 bits per heavy atom. The Morgan fingerprint density at radius 3 is 2.48 bits per heavy atom. The maximum Gasteiger partial charge on any atom is 0.246 e. The number of hydrogen-bond donors (Lipinski definition) is 1. The number of benzene rings is 2. The second-order valence-corrected chi connectivity index (χ2v) is 4.82. The number of para-hydroxylation sites is 1. The van der Waals surface area contributed by atoms with Crippen molar-refractivity contribution in [2.75, 3.05) is 6.61 Å². The maximum atomic E-state index is 9.13. The molecule has 3 aromatic rings. The van der Waals surface area contributed by atoms with Crippen LogP contribution < -0.4 is 4.74 Å². The van der Waals surface area contributed by atoms with E-state index in [0.29, 0.717) is 18.1 Å². The predicted octanol–water partition coefficient (Wildman–Crippen LogP) is 3.27. The zero-order valence-corrected chi connectivity index (χ0v) is 11.8. The highest BCUT2D eigenvalue weighted by Gasteiger charge is 2.10. The van der Waals surface area contributed by atoms with Crippen LogP contribution in [0.15, 0.2) is 48.5 Å². The molecule has 0 atom stereocenters. The van der Waals surface area contributed by atoms with Crippen LogP contribution in [-0.4, -0.2) is 21.9 Å². The molecule has 0 aliphatic heterocycles. The van der Waals surface area contributed by atoms with E-state index in [0.717, 1.165) is 22.0 Å². The predicted molar refractivity (Wildman–Crippen MR) is 81.6 cm³/mol. The monoisotopic (exact) mass is 280 g/mol. The Morgan fingerprint density at radius 1 is 0.952 bits per heavy atom. The summed E-state index contributed by atoms with van der Waals surface area (Å²) in [5.74, 6) is 1.19. The van der Waals surface area contributed by atoms with Gasteiger partial charge in [0, 0.05) is 17.4 Å². The van der Waals surface area contributed by atoms with E-state index < -0.39 is 0 Å². The normalized spacial score (nSPS) is 10.8. The van der Waals surface area contributed by atoms with E-state index >= 15 is 0 Å². The quantitative estimate of drug-likeness (QED) is 0.797. The smallest absolute Gasteiger partial charge is 0.246 e. The summed E-state index contributed by atoms with van der Waals surface area (Å²) in [5, 5.41) is 19.4. The average Bonchev–Trinajstić information content (AvgIpc) is 2.52. The SMILES string of the molecule is Cc1nnc(Oc2ccccc2CCO)c2ccccc12. The fraction of sp³-hybridized carbons (Fsp3) is 0.176.